The molecule has 0 saturated heterocycles. The Bertz CT molecular complexity index is 496. The summed E-state index contributed by atoms with van der Waals surface area (Å²) >= 11 is 0. The smallest absolute Gasteiger partial charge is 0.494 e. The van der Waals surface area contributed by atoms with E-state index in [1.165, 1.54) is 77.0 Å². The Balaban J connectivity index is 2.29. The second-order valence-electron chi connectivity index (χ2n) is 8.69. The molecule has 0 heterocycles. The molecule has 0 saturated carbocycles. The zero-order valence-corrected chi connectivity index (χ0v) is 20.2. The van der Waals surface area contributed by atoms with Crippen molar-refractivity contribution in [1.29, 1.82) is 0 Å². The third-order valence-electron chi connectivity index (χ3n) is 5.80. The van der Waals surface area contributed by atoms with Crippen LogP contribution in [0.15, 0.2) is 18.2 Å². The molecule has 1 aromatic carbocycles. The van der Waals surface area contributed by atoms with Crippen LogP contribution >= 0.6 is 0 Å². The van der Waals surface area contributed by atoms with Gasteiger partial charge in [0.05, 0.1) is 18.7 Å². The number of unbranched alkanes of at least 4 members (excludes halogenated alkanes) is 14. The highest BCUT2D eigenvalue weighted by atomic mass is 16.5. The Morgan fingerprint density at radius 2 is 0.935 bits per heavy atom. The topological polar surface area (TPSA) is 58.9 Å². The molecule has 5 heteroatoms. The standard InChI is InChI=1S/C26H47BO4/c1-3-5-7-9-11-13-15-17-22-30-24-20-19-21-25(26(24)27(28)29)31-23-18-16-14-12-10-8-6-4-2/h19-21,28-29H,3-18,22-23H2,1-2H3. The van der Waals surface area contributed by atoms with Crippen LogP contribution in [0.1, 0.15) is 117 Å². The molecule has 0 spiro atoms. The quantitative estimate of drug-likeness (QED) is 0.173. The molecule has 0 bridgehead atoms. The largest absolute Gasteiger partial charge is 0.496 e. The van der Waals surface area contributed by atoms with Gasteiger partial charge in [-0.2, -0.15) is 0 Å². The third-order valence-corrected chi connectivity index (χ3v) is 5.80. The van der Waals surface area contributed by atoms with E-state index < -0.39 is 7.12 Å². The first kappa shape index (κ1) is 27.8. The van der Waals surface area contributed by atoms with Crippen LogP contribution in [0.4, 0.5) is 0 Å². The summed E-state index contributed by atoms with van der Waals surface area (Å²) in [6.07, 6.45) is 19.9. The maximum Gasteiger partial charge on any atom is 0.496 e. The lowest BCUT2D eigenvalue weighted by Crippen LogP contribution is -2.33. The monoisotopic (exact) mass is 434 g/mol. The van der Waals surface area contributed by atoms with Gasteiger partial charge in [-0.25, -0.2) is 0 Å². The minimum atomic E-state index is -1.59. The molecule has 0 aliphatic rings. The second-order valence-corrected chi connectivity index (χ2v) is 8.69. The Kier molecular flexibility index (Phi) is 17.5. The van der Waals surface area contributed by atoms with E-state index in [-0.39, 0.29) is 0 Å². The molecular weight excluding hydrogens is 387 g/mol. The minimum absolute atomic E-state index is 0.349. The summed E-state index contributed by atoms with van der Waals surface area (Å²) in [5.41, 5.74) is 0.349. The first-order chi connectivity index (χ1) is 15.2. The fourth-order valence-electron chi connectivity index (χ4n) is 3.87. The lowest BCUT2D eigenvalue weighted by molar-refractivity contribution is 0.291. The van der Waals surface area contributed by atoms with E-state index in [0.717, 1.165) is 25.7 Å². The summed E-state index contributed by atoms with van der Waals surface area (Å²) in [7, 11) is -1.59. The predicted molar refractivity (Wildman–Crippen MR) is 132 cm³/mol. The third kappa shape index (κ3) is 13.7. The number of hydrogen-bond donors (Lipinski definition) is 2. The highest BCUT2D eigenvalue weighted by molar-refractivity contribution is 6.60. The van der Waals surface area contributed by atoms with Gasteiger partial charge in [-0.1, -0.05) is 110 Å². The average molecular weight is 434 g/mol. The maximum atomic E-state index is 9.87. The van der Waals surface area contributed by atoms with Crippen molar-refractivity contribution in [3.8, 4) is 11.5 Å². The van der Waals surface area contributed by atoms with Crippen molar-refractivity contribution in [2.75, 3.05) is 13.2 Å². The molecule has 0 aliphatic carbocycles. The van der Waals surface area contributed by atoms with Gasteiger partial charge in [0, 0.05) is 0 Å². The van der Waals surface area contributed by atoms with E-state index in [1.807, 2.05) is 6.07 Å². The van der Waals surface area contributed by atoms with Gasteiger partial charge in [0.1, 0.15) is 11.5 Å². The van der Waals surface area contributed by atoms with E-state index in [9.17, 15) is 10.0 Å². The zero-order chi connectivity index (χ0) is 22.6. The van der Waals surface area contributed by atoms with E-state index in [2.05, 4.69) is 13.8 Å². The highest BCUT2D eigenvalue weighted by Crippen LogP contribution is 2.19. The molecule has 0 aliphatic heterocycles. The molecule has 0 fully saturated rings. The molecule has 4 nitrogen and oxygen atoms in total. The molecule has 0 unspecified atom stereocenters. The normalized spacial score (nSPS) is 11.0. The fourth-order valence-corrected chi connectivity index (χ4v) is 3.87. The van der Waals surface area contributed by atoms with Gasteiger partial charge in [0.25, 0.3) is 0 Å². The minimum Gasteiger partial charge on any atom is -0.494 e. The predicted octanol–water partition coefficient (Wildman–Crippen LogP) is 6.41. The van der Waals surface area contributed by atoms with Gasteiger partial charge in [-0.05, 0) is 25.0 Å². The molecule has 0 atom stereocenters. The van der Waals surface area contributed by atoms with Crippen molar-refractivity contribution in [3.05, 3.63) is 18.2 Å². The number of rotatable bonds is 21. The first-order valence-corrected chi connectivity index (χ1v) is 12.9. The SMILES string of the molecule is CCCCCCCCCCOc1cccc(OCCCCCCCCCC)c1B(O)O. The molecular formula is C26H47BO4. The van der Waals surface area contributed by atoms with Crippen molar-refractivity contribution in [2.24, 2.45) is 0 Å². The zero-order valence-electron chi connectivity index (χ0n) is 20.2. The fraction of sp³-hybridized carbons (Fsp3) is 0.769. The van der Waals surface area contributed by atoms with Crippen molar-refractivity contribution < 1.29 is 19.5 Å². The van der Waals surface area contributed by atoms with Crippen LogP contribution in [0.2, 0.25) is 0 Å². The molecule has 1 rings (SSSR count). The van der Waals surface area contributed by atoms with Gasteiger partial charge in [-0.3, -0.25) is 0 Å². The van der Waals surface area contributed by atoms with E-state index in [4.69, 9.17) is 9.47 Å². The van der Waals surface area contributed by atoms with Crippen molar-refractivity contribution in [1.82, 2.24) is 0 Å². The second kappa shape index (κ2) is 19.5. The van der Waals surface area contributed by atoms with Crippen LogP contribution in [-0.4, -0.2) is 30.4 Å². The lowest BCUT2D eigenvalue weighted by Gasteiger charge is -2.16. The van der Waals surface area contributed by atoms with E-state index in [0.29, 0.717) is 30.2 Å². The summed E-state index contributed by atoms with van der Waals surface area (Å²) in [4.78, 5) is 0. The molecule has 1 aromatic rings. The number of ether oxygens (including phenoxy) is 2. The average Bonchev–Trinajstić information content (AvgIpc) is 2.76. The van der Waals surface area contributed by atoms with Crippen LogP contribution in [0.3, 0.4) is 0 Å². The van der Waals surface area contributed by atoms with Gasteiger partial charge in [-0.15, -0.1) is 0 Å². The molecule has 178 valence electrons. The Hall–Kier alpha value is -1.20. The van der Waals surface area contributed by atoms with Crippen LogP contribution in [0.5, 0.6) is 11.5 Å². The Morgan fingerprint density at radius 3 is 1.29 bits per heavy atom. The van der Waals surface area contributed by atoms with Crippen LogP contribution in [0.25, 0.3) is 0 Å². The summed E-state index contributed by atoms with van der Waals surface area (Å²) < 4.78 is 11.8. The number of hydrogen-bond acceptors (Lipinski definition) is 4. The van der Waals surface area contributed by atoms with Crippen molar-refractivity contribution in [3.63, 3.8) is 0 Å². The first-order valence-electron chi connectivity index (χ1n) is 12.9. The molecule has 2 N–H and O–H groups in total. The van der Waals surface area contributed by atoms with E-state index >= 15 is 0 Å². The van der Waals surface area contributed by atoms with Crippen LogP contribution < -0.4 is 14.9 Å². The Labute approximate surface area is 191 Å². The maximum absolute atomic E-state index is 9.87. The molecule has 0 amide bonds. The van der Waals surface area contributed by atoms with Gasteiger partial charge >= 0.3 is 7.12 Å². The highest BCUT2D eigenvalue weighted by Gasteiger charge is 2.22. The van der Waals surface area contributed by atoms with Gasteiger partial charge < -0.3 is 19.5 Å². The summed E-state index contributed by atoms with van der Waals surface area (Å²) in [5.74, 6) is 1.04. The van der Waals surface area contributed by atoms with Gasteiger partial charge in [0.15, 0.2) is 0 Å². The van der Waals surface area contributed by atoms with Crippen LogP contribution in [-0.2, 0) is 0 Å². The lowest BCUT2D eigenvalue weighted by atomic mass is 9.78. The van der Waals surface area contributed by atoms with Gasteiger partial charge in [0.2, 0.25) is 0 Å². The summed E-state index contributed by atoms with van der Waals surface area (Å²) in [5, 5.41) is 19.7. The van der Waals surface area contributed by atoms with E-state index in [1.54, 1.807) is 12.1 Å². The number of benzene rings is 1. The summed E-state index contributed by atoms with van der Waals surface area (Å²) in [6.45, 7) is 5.67. The molecule has 0 radical (unpaired) electrons. The molecule has 0 aromatic heterocycles. The Morgan fingerprint density at radius 1 is 0.581 bits per heavy atom. The van der Waals surface area contributed by atoms with Crippen LogP contribution in [0, 0.1) is 0 Å². The van der Waals surface area contributed by atoms with Crippen molar-refractivity contribution in [2.45, 2.75) is 117 Å². The summed E-state index contributed by atoms with van der Waals surface area (Å²) in [6, 6.07) is 5.45. The van der Waals surface area contributed by atoms with Crippen molar-refractivity contribution >= 4 is 12.6 Å². The molecule has 31 heavy (non-hydrogen) atoms.